The van der Waals surface area contributed by atoms with Crippen LogP contribution in [0.5, 0.6) is 11.5 Å². The number of hydrogen-bond donors (Lipinski definition) is 0. The van der Waals surface area contributed by atoms with Crippen molar-refractivity contribution in [1.29, 1.82) is 0 Å². The molecule has 0 aromatic heterocycles. The van der Waals surface area contributed by atoms with E-state index in [4.69, 9.17) is 9.47 Å². The summed E-state index contributed by atoms with van der Waals surface area (Å²) in [5.41, 5.74) is 2.31. The second-order valence-electron chi connectivity index (χ2n) is 5.58. The van der Waals surface area contributed by atoms with Crippen molar-refractivity contribution < 1.29 is 14.3 Å². The maximum Gasteiger partial charge on any atom is 0.237 e. The molecule has 0 spiro atoms. The number of thioether (sulfide) groups is 1. The summed E-state index contributed by atoms with van der Waals surface area (Å²) in [5.74, 6) is 1.92. The van der Waals surface area contributed by atoms with Gasteiger partial charge in [0.2, 0.25) is 5.91 Å². The topological polar surface area (TPSA) is 38.8 Å². The van der Waals surface area contributed by atoms with Crippen LogP contribution in [-0.4, -0.2) is 32.4 Å². The molecule has 0 saturated heterocycles. The number of carbonyl (C=O) groups excluding carboxylic acids is 1. The summed E-state index contributed by atoms with van der Waals surface area (Å²) in [6.45, 7) is 0.794. The zero-order valence-electron chi connectivity index (χ0n) is 14.0. The van der Waals surface area contributed by atoms with Crippen LogP contribution in [0.2, 0.25) is 0 Å². The van der Waals surface area contributed by atoms with Crippen LogP contribution in [0.3, 0.4) is 0 Å². The van der Waals surface area contributed by atoms with Crippen LogP contribution in [0, 0.1) is 0 Å². The Morgan fingerprint density at radius 3 is 2.71 bits per heavy atom. The predicted octanol–water partition coefficient (Wildman–Crippen LogP) is 3.78. The Hall–Kier alpha value is -2.14. The summed E-state index contributed by atoms with van der Waals surface area (Å²) in [4.78, 5) is 15.6. The summed E-state index contributed by atoms with van der Waals surface area (Å²) >= 11 is 1.52. The standard InChI is InChI=1S/C19H21NO3S/c1-22-17-10-9-15(12-18(17)23-2)24-13-19(21)20-11-5-7-14-6-3-4-8-16(14)20/h3-4,6,8-10,12H,5,7,11,13H2,1-2H3. The quantitative estimate of drug-likeness (QED) is 0.775. The molecule has 2 aromatic rings. The van der Waals surface area contributed by atoms with E-state index in [1.54, 1.807) is 14.2 Å². The normalized spacial score (nSPS) is 13.3. The molecule has 0 atom stereocenters. The van der Waals surface area contributed by atoms with Gasteiger partial charge in [0, 0.05) is 17.1 Å². The van der Waals surface area contributed by atoms with E-state index in [-0.39, 0.29) is 5.91 Å². The van der Waals surface area contributed by atoms with E-state index in [1.807, 2.05) is 41.3 Å². The number of rotatable bonds is 5. The van der Waals surface area contributed by atoms with Crippen molar-refractivity contribution in [1.82, 2.24) is 0 Å². The van der Waals surface area contributed by atoms with Gasteiger partial charge >= 0.3 is 0 Å². The number of benzene rings is 2. The van der Waals surface area contributed by atoms with Crippen LogP contribution in [0.4, 0.5) is 5.69 Å². The number of nitrogens with zero attached hydrogens (tertiary/aromatic N) is 1. The van der Waals surface area contributed by atoms with Gasteiger partial charge in [-0.3, -0.25) is 4.79 Å². The molecule has 2 aromatic carbocycles. The van der Waals surface area contributed by atoms with Crippen molar-refractivity contribution in [3.63, 3.8) is 0 Å². The Bertz CT molecular complexity index is 732. The van der Waals surface area contributed by atoms with Gasteiger partial charge in [-0.1, -0.05) is 18.2 Å². The van der Waals surface area contributed by atoms with E-state index < -0.39 is 0 Å². The number of carbonyl (C=O) groups is 1. The molecule has 24 heavy (non-hydrogen) atoms. The summed E-state index contributed by atoms with van der Waals surface area (Å²) < 4.78 is 10.6. The molecule has 1 amide bonds. The Balaban J connectivity index is 1.68. The highest BCUT2D eigenvalue weighted by molar-refractivity contribution is 8.00. The van der Waals surface area contributed by atoms with Gasteiger partial charge in [0.15, 0.2) is 11.5 Å². The average Bonchev–Trinajstić information content (AvgIpc) is 2.65. The van der Waals surface area contributed by atoms with Crippen LogP contribution in [0.1, 0.15) is 12.0 Å². The maximum atomic E-state index is 12.7. The molecule has 1 aliphatic heterocycles. The third-order valence-corrected chi connectivity index (χ3v) is 5.11. The first-order valence-corrected chi connectivity index (χ1v) is 8.94. The van der Waals surface area contributed by atoms with Crippen molar-refractivity contribution in [3.8, 4) is 11.5 Å². The van der Waals surface area contributed by atoms with E-state index in [1.165, 1.54) is 17.3 Å². The molecule has 0 unspecified atom stereocenters. The summed E-state index contributed by atoms with van der Waals surface area (Å²) in [6, 6.07) is 13.9. The Labute approximate surface area is 146 Å². The van der Waals surface area contributed by atoms with Crippen LogP contribution in [-0.2, 0) is 11.2 Å². The highest BCUT2D eigenvalue weighted by Crippen LogP contribution is 2.33. The Kier molecular flexibility index (Phi) is 5.30. The predicted molar refractivity (Wildman–Crippen MR) is 97.4 cm³/mol. The lowest BCUT2D eigenvalue weighted by Crippen LogP contribution is -2.36. The highest BCUT2D eigenvalue weighted by Gasteiger charge is 2.22. The van der Waals surface area contributed by atoms with Gasteiger partial charge in [-0.05, 0) is 42.7 Å². The average molecular weight is 343 g/mol. The van der Waals surface area contributed by atoms with E-state index in [0.29, 0.717) is 17.3 Å². The van der Waals surface area contributed by atoms with Crippen molar-refractivity contribution >= 4 is 23.4 Å². The number of ether oxygens (including phenoxy) is 2. The first-order chi connectivity index (χ1) is 11.7. The first-order valence-electron chi connectivity index (χ1n) is 7.96. The van der Waals surface area contributed by atoms with Crippen molar-refractivity contribution in [3.05, 3.63) is 48.0 Å². The zero-order valence-corrected chi connectivity index (χ0v) is 14.8. The second kappa shape index (κ2) is 7.62. The van der Waals surface area contributed by atoms with Gasteiger partial charge in [-0.2, -0.15) is 0 Å². The van der Waals surface area contributed by atoms with E-state index >= 15 is 0 Å². The van der Waals surface area contributed by atoms with Crippen LogP contribution in [0.15, 0.2) is 47.4 Å². The SMILES string of the molecule is COc1ccc(SCC(=O)N2CCCc3ccccc32)cc1OC. The molecule has 126 valence electrons. The number of amides is 1. The lowest BCUT2D eigenvalue weighted by molar-refractivity contribution is -0.116. The number of para-hydroxylation sites is 1. The van der Waals surface area contributed by atoms with Crippen LogP contribution >= 0.6 is 11.8 Å². The number of hydrogen-bond acceptors (Lipinski definition) is 4. The minimum Gasteiger partial charge on any atom is -0.493 e. The van der Waals surface area contributed by atoms with Gasteiger partial charge in [0.1, 0.15) is 0 Å². The number of fused-ring (bicyclic) bond motifs is 1. The highest BCUT2D eigenvalue weighted by atomic mass is 32.2. The smallest absolute Gasteiger partial charge is 0.237 e. The summed E-state index contributed by atoms with van der Waals surface area (Å²) in [6.07, 6.45) is 2.06. The van der Waals surface area contributed by atoms with Crippen LogP contribution in [0.25, 0.3) is 0 Å². The van der Waals surface area contributed by atoms with Gasteiger partial charge in [0.05, 0.1) is 20.0 Å². The van der Waals surface area contributed by atoms with Crippen molar-refractivity contribution in [2.75, 3.05) is 31.4 Å². The van der Waals surface area contributed by atoms with Gasteiger partial charge < -0.3 is 14.4 Å². The van der Waals surface area contributed by atoms with Crippen molar-refractivity contribution in [2.24, 2.45) is 0 Å². The van der Waals surface area contributed by atoms with Crippen molar-refractivity contribution in [2.45, 2.75) is 17.7 Å². The maximum absolute atomic E-state index is 12.7. The van der Waals surface area contributed by atoms with Gasteiger partial charge in [-0.25, -0.2) is 0 Å². The fraction of sp³-hybridized carbons (Fsp3) is 0.316. The fourth-order valence-electron chi connectivity index (χ4n) is 2.92. The third-order valence-electron chi connectivity index (χ3n) is 4.13. The van der Waals surface area contributed by atoms with Gasteiger partial charge in [0.25, 0.3) is 0 Å². The molecule has 0 saturated carbocycles. The molecule has 0 bridgehead atoms. The number of anilines is 1. The number of aryl methyl sites for hydroxylation is 1. The molecular formula is C19H21NO3S. The Morgan fingerprint density at radius 1 is 1.12 bits per heavy atom. The lowest BCUT2D eigenvalue weighted by atomic mass is 10.0. The Morgan fingerprint density at radius 2 is 1.92 bits per heavy atom. The monoisotopic (exact) mass is 343 g/mol. The molecule has 0 N–H and O–H groups in total. The van der Waals surface area contributed by atoms with Gasteiger partial charge in [-0.15, -0.1) is 11.8 Å². The molecule has 3 rings (SSSR count). The minimum absolute atomic E-state index is 0.141. The molecule has 1 heterocycles. The lowest BCUT2D eigenvalue weighted by Gasteiger charge is -2.29. The second-order valence-corrected chi connectivity index (χ2v) is 6.63. The first kappa shape index (κ1) is 16.7. The molecule has 1 aliphatic rings. The molecule has 0 fully saturated rings. The zero-order chi connectivity index (χ0) is 16.9. The summed E-state index contributed by atoms with van der Waals surface area (Å²) in [7, 11) is 3.23. The summed E-state index contributed by atoms with van der Waals surface area (Å²) in [5, 5.41) is 0. The van der Waals surface area contributed by atoms with Crippen LogP contribution < -0.4 is 14.4 Å². The van der Waals surface area contributed by atoms with E-state index in [9.17, 15) is 4.79 Å². The van der Waals surface area contributed by atoms with E-state index in [2.05, 4.69) is 6.07 Å². The molecular weight excluding hydrogens is 322 g/mol. The largest absolute Gasteiger partial charge is 0.493 e. The molecule has 0 radical (unpaired) electrons. The molecule has 5 heteroatoms. The minimum atomic E-state index is 0.141. The molecule has 0 aliphatic carbocycles. The fourth-order valence-corrected chi connectivity index (χ4v) is 3.72. The van der Waals surface area contributed by atoms with E-state index in [0.717, 1.165) is 30.0 Å². The third kappa shape index (κ3) is 3.51. The number of methoxy groups -OCH3 is 2. The molecule has 4 nitrogen and oxygen atoms in total.